The summed E-state index contributed by atoms with van der Waals surface area (Å²) in [5.74, 6) is 0. The zero-order valence-corrected chi connectivity index (χ0v) is 7.66. The Morgan fingerprint density at radius 1 is 1.23 bits per heavy atom. The average molecular weight is 192 g/mol. The topological polar surface area (TPSA) is 64.7 Å². The van der Waals surface area contributed by atoms with Gasteiger partial charge in [0.05, 0.1) is 0 Å². The number of aromatic nitrogens is 3. The van der Waals surface area contributed by atoms with E-state index < -0.39 is 0 Å². The molecule has 0 radical (unpaired) electrons. The Labute approximate surface area is 79.6 Å². The van der Waals surface area contributed by atoms with E-state index in [1.807, 2.05) is 24.3 Å². The molecule has 0 spiro atoms. The van der Waals surface area contributed by atoms with Crippen molar-refractivity contribution in [2.75, 3.05) is 0 Å². The summed E-state index contributed by atoms with van der Waals surface area (Å²) in [6, 6.07) is 7.92. The van der Waals surface area contributed by atoms with Gasteiger partial charge in [-0.1, -0.05) is 28.8 Å². The molecule has 0 atom stereocenters. The summed E-state index contributed by atoms with van der Waals surface area (Å²) >= 11 is 1.29. The van der Waals surface area contributed by atoms with Crippen LogP contribution < -0.4 is 5.73 Å². The maximum absolute atomic E-state index is 5.48. The first-order valence-corrected chi connectivity index (χ1v) is 4.62. The van der Waals surface area contributed by atoms with E-state index in [0.29, 0.717) is 6.54 Å². The second kappa shape index (κ2) is 3.59. The molecule has 0 aliphatic carbocycles. The molecule has 0 aliphatic heterocycles. The van der Waals surface area contributed by atoms with Crippen LogP contribution in [0.1, 0.15) is 5.56 Å². The molecule has 0 unspecified atom stereocenters. The summed E-state index contributed by atoms with van der Waals surface area (Å²) in [5.41, 5.74) is 7.63. The van der Waals surface area contributed by atoms with Gasteiger partial charge < -0.3 is 5.73 Å². The standard InChI is InChI=1S/C8H8N4S/c9-5-6-1-3-7(4-2-6)8-10-11-12-13-8/h1-4H,5,9H2. The Balaban J connectivity index is 2.33. The molecule has 2 rings (SSSR count). The maximum atomic E-state index is 5.48. The van der Waals surface area contributed by atoms with Gasteiger partial charge in [0.15, 0.2) is 5.01 Å². The van der Waals surface area contributed by atoms with Crippen molar-refractivity contribution in [3.05, 3.63) is 29.8 Å². The van der Waals surface area contributed by atoms with Gasteiger partial charge in [-0.25, -0.2) is 0 Å². The largest absolute Gasteiger partial charge is 0.326 e. The molecule has 0 saturated heterocycles. The Morgan fingerprint density at radius 3 is 2.54 bits per heavy atom. The van der Waals surface area contributed by atoms with Crippen molar-refractivity contribution >= 4 is 11.5 Å². The Kier molecular flexibility index (Phi) is 2.29. The molecule has 0 fully saturated rings. The van der Waals surface area contributed by atoms with Crippen LogP contribution in [0.4, 0.5) is 0 Å². The molecule has 1 heterocycles. The fourth-order valence-electron chi connectivity index (χ4n) is 1.03. The lowest BCUT2D eigenvalue weighted by Crippen LogP contribution is -1.95. The van der Waals surface area contributed by atoms with Gasteiger partial charge in [-0.15, -0.1) is 5.10 Å². The smallest absolute Gasteiger partial charge is 0.168 e. The van der Waals surface area contributed by atoms with E-state index in [9.17, 15) is 0 Å². The van der Waals surface area contributed by atoms with Crippen LogP contribution in [-0.4, -0.2) is 14.8 Å². The number of hydrogen-bond donors (Lipinski definition) is 1. The quantitative estimate of drug-likeness (QED) is 0.772. The third kappa shape index (κ3) is 1.71. The van der Waals surface area contributed by atoms with Crippen LogP contribution in [0.25, 0.3) is 10.6 Å². The second-order valence-electron chi connectivity index (χ2n) is 2.57. The monoisotopic (exact) mass is 192 g/mol. The number of rotatable bonds is 2. The summed E-state index contributed by atoms with van der Waals surface area (Å²) < 4.78 is 3.70. The van der Waals surface area contributed by atoms with Crippen molar-refractivity contribution in [1.82, 2.24) is 14.8 Å². The van der Waals surface area contributed by atoms with Crippen molar-refractivity contribution in [1.29, 1.82) is 0 Å². The molecular formula is C8H8N4S. The minimum Gasteiger partial charge on any atom is -0.326 e. The van der Waals surface area contributed by atoms with Gasteiger partial charge in [-0.05, 0) is 10.8 Å². The predicted octanol–water partition coefficient (Wildman–Crippen LogP) is 1.06. The van der Waals surface area contributed by atoms with Crippen LogP contribution in [-0.2, 0) is 6.54 Å². The van der Waals surface area contributed by atoms with E-state index in [1.54, 1.807) is 0 Å². The van der Waals surface area contributed by atoms with Crippen molar-refractivity contribution in [2.24, 2.45) is 5.73 Å². The molecule has 0 amide bonds. The van der Waals surface area contributed by atoms with Gasteiger partial charge in [-0.3, -0.25) is 0 Å². The minimum absolute atomic E-state index is 0.564. The summed E-state index contributed by atoms with van der Waals surface area (Å²) in [5, 5.41) is 8.24. The molecule has 5 heteroatoms. The van der Waals surface area contributed by atoms with Crippen LogP contribution in [0, 0.1) is 0 Å². The lowest BCUT2D eigenvalue weighted by molar-refractivity contribution is 0.961. The highest BCUT2D eigenvalue weighted by Crippen LogP contribution is 2.18. The van der Waals surface area contributed by atoms with E-state index in [2.05, 4.69) is 14.8 Å². The number of nitrogens with zero attached hydrogens (tertiary/aromatic N) is 3. The number of nitrogens with two attached hydrogens (primary N) is 1. The van der Waals surface area contributed by atoms with E-state index in [-0.39, 0.29) is 0 Å². The molecule has 4 nitrogen and oxygen atoms in total. The summed E-state index contributed by atoms with van der Waals surface area (Å²) in [6.07, 6.45) is 0. The fourth-order valence-corrected chi connectivity index (χ4v) is 1.49. The van der Waals surface area contributed by atoms with Crippen molar-refractivity contribution in [2.45, 2.75) is 6.54 Å². The zero-order valence-electron chi connectivity index (χ0n) is 6.84. The molecule has 66 valence electrons. The maximum Gasteiger partial charge on any atom is 0.168 e. The van der Waals surface area contributed by atoms with Crippen LogP contribution in [0.2, 0.25) is 0 Å². The zero-order chi connectivity index (χ0) is 9.10. The number of hydrogen-bond acceptors (Lipinski definition) is 5. The lowest BCUT2D eigenvalue weighted by Gasteiger charge is -1.97. The fraction of sp³-hybridized carbons (Fsp3) is 0.125. The van der Waals surface area contributed by atoms with Gasteiger partial charge in [-0.2, -0.15) is 0 Å². The van der Waals surface area contributed by atoms with Crippen molar-refractivity contribution in [3.63, 3.8) is 0 Å². The molecule has 0 bridgehead atoms. The second-order valence-corrected chi connectivity index (χ2v) is 3.30. The Bertz CT molecular complexity index is 368. The first-order chi connectivity index (χ1) is 6.40. The van der Waals surface area contributed by atoms with Gasteiger partial charge in [0.1, 0.15) is 0 Å². The third-order valence-electron chi connectivity index (χ3n) is 1.74. The van der Waals surface area contributed by atoms with Gasteiger partial charge >= 0.3 is 0 Å². The molecule has 13 heavy (non-hydrogen) atoms. The van der Waals surface area contributed by atoms with E-state index >= 15 is 0 Å². The van der Waals surface area contributed by atoms with E-state index in [0.717, 1.165) is 16.1 Å². The molecule has 2 N–H and O–H groups in total. The van der Waals surface area contributed by atoms with E-state index in [1.165, 1.54) is 11.5 Å². The average Bonchev–Trinajstić information content (AvgIpc) is 2.71. The lowest BCUT2D eigenvalue weighted by atomic mass is 10.1. The molecule has 1 aromatic heterocycles. The number of benzene rings is 1. The highest BCUT2D eigenvalue weighted by atomic mass is 32.1. The predicted molar refractivity (Wildman–Crippen MR) is 51.0 cm³/mol. The van der Waals surface area contributed by atoms with Crippen LogP contribution in [0.5, 0.6) is 0 Å². The highest BCUT2D eigenvalue weighted by Gasteiger charge is 2.01. The molecule has 0 saturated carbocycles. The van der Waals surface area contributed by atoms with Crippen LogP contribution in [0.15, 0.2) is 24.3 Å². The van der Waals surface area contributed by atoms with Gasteiger partial charge in [0.2, 0.25) is 0 Å². The van der Waals surface area contributed by atoms with Crippen molar-refractivity contribution in [3.8, 4) is 10.6 Å². The van der Waals surface area contributed by atoms with Gasteiger partial charge in [0, 0.05) is 23.6 Å². The van der Waals surface area contributed by atoms with E-state index in [4.69, 9.17) is 5.73 Å². The van der Waals surface area contributed by atoms with Crippen molar-refractivity contribution < 1.29 is 0 Å². The van der Waals surface area contributed by atoms with Crippen LogP contribution >= 0.6 is 11.5 Å². The molecule has 0 aliphatic rings. The normalized spacial score (nSPS) is 10.2. The Hall–Kier alpha value is -1.33. The summed E-state index contributed by atoms with van der Waals surface area (Å²) in [7, 11) is 0. The Morgan fingerprint density at radius 2 is 2.00 bits per heavy atom. The summed E-state index contributed by atoms with van der Waals surface area (Å²) in [6.45, 7) is 0.564. The third-order valence-corrected chi connectivity index (χ3v) is 2.38. The molecule has 1 aromatic carbocycles. The summed E-state index contributed by atoms with van der Waals surface area (Å²) in [4.78, 5) is 0. The molecular weight excluding hydrogens is 184 g/mol. The highest BCUT2D eigenvalue weighted by molar-refractivity contribution is 7.08. The van der Waals surface area contributed by atoms with Gasteiger partial charge in [0.25, 0.3) is 0 Å². The minimum atomic E-state index is 0.564. The van der Waals surface area contributed by atoms with Crippen LogP contribution in [0.3, 0.4) is 0 Å². The molecule has 2 aromatic rings. The SMILES string of the molecule is NCc1ccc(-c2nnns2)cc1. The first-order valence-electron chi connectivity index (χ1n) is 3.84. The first kappa shape index (κ1) is 8.28.